The van der Waals surface area contributed by atoms with E-state index in [4.69, 9.17) is 4.74 Å². The summed E-state index contributed by atoms with van der Waals surface area (Å²) < 4.78 is 6.21. The molecule has 18 heavy (non-hydrogen) atoms. The number of benzene rings is 1. The van der Waals surface area contributed by atoms with E-state index in [0.29, 0.717) is 11.5 Å². The smallest absolute Gasteiger partial charge is 0.290 e. The summed E-state index contributed by atoms with van der Waals surface area (Å²) in [5, 5.41) is 1.88. The van der Waals surface area contributed by atoms with Crippen molar-refractivity contribution in [2.45, 2.75) is 6.92 Å². The quantitative estimate of drug-likeness (QED) is 0.866. The average Bonchev–Trinajstić information content (AvgIpc) is 2.61. The maximum Gasteiger partial charge on any atom is 0.290 e. The minimum absolute atomic E-state index is 0.337. The van der Waals surface area contributed by atoms with Gasteiger partial charge in [0.15, 0.2) is 0 Å². The van der Waals surface area contributed by atoms with Crippen molar-refractivity contribution < 1.29 is 14.3 Å². The number of nitrogens with one attached hydrogen (secondary N) is 1. The monoisotopic (exact) mass is 327 g/mol. The molecule has 4 nitrogen and oxygen atoms in total. The third-order valence-corrected chi connectivity index (χ3v) is 3.63. The van der Waals surface area contributed by atoms with E-state index in [0.717, 1.165) is 27.5 Å². The van der Waals surface area contributed by atoms with Crippen LogP contribution in [-0.4, -0.2) is 17.8 Å². The van der Waals surface area contributed by atoms with E-state index >= 15 is 0 Å². The Bertz CT molecular complexity index is 542. The van der Waals surface area contributed by atoms with Crippen LogP contribution >= 0.6 is 27.7 Å². The topological polar surface area (TPSA) is 55.4 Å². The van der Waals surface area contributed by atoms with Crippen molar-refractivity contribution in [2.24, 2.45) is 0 Å². The summed E-state index contributed by atoms with van der Waals surface area (Å²) in [7, 11) is 0. The van der Waals surface area contributed by atoms with Gasteiger partial charge >= 0.3 is 0 Å². The zero-order valence-electron chi connectivity index (χ0n) is 9.53. The molecule has 2 rings (SSSR count). The molecule has 2 amide bonds. The molecule has 1 aromatic rings. The Hall–Kier alpha value is -1.27. The lowest BCUT2D eigenvalue weighted by molar-refractivity contribution is -0.115. The van der Waals surface area contributed by atoms with E-state index in [9.17, 15) is 9.59 Å². The molecule has 0 spiro atoms. The van der Waals surface area contributed by atoms with Gasteiger partial charge in [0.2, 0.25) is 0 Å². The van der Waals surface area contributed by atoms with Gasteiger partial charge in [0.1, 0.15) is 5.75 Å². The van der Waals surface area contributed by atoms with Crippen molar-refractivity contribution in [3.8, 4) is 5.75 Å². The van der Waals surface area contributed by atoms with Crippen molar-refractivity contribution >= 4 is 44.9 Å². The van der Waals surface area contributed by atoms with Crippen LogP contribution in [0.1, 0.15) is 12.5 Å². The van der Waals surface area contributed by atoms with Gasteiger partial charge in [0.25, 0.3) is 11.1 Å². The first kappa shape index (κ1) is 13.2. The van der Waals surface area contributed by atoms with Gasteiger partial charge in [-0.25, -0.2) is 0 Å². The highest BCUT2D eigenvalue weighted by atomic mass is 79.9. The fourth-order valence-electron chi connectivity index (χ4n) is 1.45. The van der Waals surface area contributed by atoms with Crippen LogP contribution in [0.3, 0.4) is 0 Å². The largest absolute Gasteiger partial charge is 0.493 e. The van der Waals surface area contributed by atoms with Crippen LogP contribution in [0.5, 0.6) is 5.75 Å². The normalized spacial score (nSPS) is 17.1. The Morgan fingerprint density at radius 3 is 2.78 bits per heavy atom. The summed E-state index contributed by atoms with van der Waals surface area (Å²) >= 11 is 4.30. The number of ether oxygens (including phenoxy) is 1. The fourth-order valence-corrected chi connectivity index (χ4v) is 2.65. The number of carbonyl (C=O) groups is 2. The summed E-state index contributed by atoms with van der Waals surface area (Å²) in [6.07, 6.45) is 1.67. The van der Waals surface area contributed by atoms with Crippen LogP contribution in [0.15, 0.2) is 27.6 Å². The van der Waals surface area contributed by atoms with E-state index in [2.05, 4.69) is 21.2 Å². The summed E-state index contributed by atoms with van der Waals surface area (Å²) in [5.74, 6) is 0.397. The number of amides is 2. The molecule has 1 saturated heterocycles. The number of hydrogen-bond donors (Lipinski definition) is 1. The van der Waals surface area contributed by atoms with Gasteiger partial charge in [-0.3, -0.25) is 14.9 Å². The molecule has 0 saturated carbocycles. The molecule has 1 aromatic carbocycles. The molecule has 0 atom stereocenters. The minimum atomic E-state index is -0.352. The first-order chi connectivity index (χ1) is 8.60. The van der Waals surface area contributed by atoms with Crippen molar-refractivity contribution in [3.05, 3.63) is 33.1 Å². The number of thioether (sulfide) groups is 1. The second kappa shape index (κ2) is 5.58. The molecule has 0 aromatic heterocycles. The highest BCUT2D eigenvalue weighted by Gasteiger charge is 2.24. The third kappa shape index (κ3) is 2.94. The van der Waals surface area contributed by atoms with Gasteiger partial charge in [-0.15, -0.1) is 0 Å². The fraction of sp³-hybridized carbons (Fsp3) is 0.167. The molecule has 1 heterocycles. The van der Waals surface area contributed by atoms with Crippen molar-refractivity contribution in [2.75, 3.05) is 6.61 Å². The maximum atomic E-state index is 11.4. The van der Waals surface area contributed by atoms with Crippen LogP contribution in [0, 0.1) is 0 Å². The van der Waals surface area contributed by atoms with E-state index in [1.807, 2.05) is 25.1 Å². The summed E-state index contributed by atoms with van der Waals surface area (Å²) in [5.41, 5.74) is 0.831. The van der Waals surface area contributed by atoms with Gasteiger partial charge in [0.05, 0.1) is 16.0 Å². The number of halogens is 1. The third-order valence-electron chi connectivity index (χ3n) is 2.20. The van der Waals surface area contributed by atoms with Gasteiger partial charge in [-0.05, 0) is 58.4 Å². The van der Waals surface area contributed by atoms with Gasteiger partial charge in [0, 0.05) is 0 Å². The van der Waals surface area contributed by atoms with Crippen LogP contribution in [0.2, 0.25) is 0 Å². The Labute approximate surface area is 117 Å². The number of carbonyl (C=O) groups excluding carboxylic acids is 2. The highest BCUT2D eigenvalue weighted by Crippen LogP contribution is 2.30. The lowest BCUT2D eigenvalue weighted by Crippen LogP contribution is -2.17. The van der Waals surface area contributed by atoms with Crippen LogP contribution in [0.25, 0.3) is 6.08 Å². The second-order valence-electron chi connectivity index (χ2n) is 3.48. The Balaban J connectivity index is 2.25. The van der Waals surface area contributed by atoms with E-state index < -0.39 is 0 Å². The summed E-state index contributed by atoms with van der Waals surface area (Å²) in [6.45, 7) is 2.50. The minimum Gasteiger partial charge on any atom is -0.493 e. The zero-order valence-corrected chi connectivity index (χ0v) is 11.9. The molecule has 94 valence electrons. The number of rotatable bonds is 3. The van der Waals surface area contributed by atoms with E-state index in [1.54, 1.807) is 6.08 Å². The van der Waals surface area contributed by atoms with E-state index in [1.165, 1.54) is 0 Å². The molecule has 0 aliphatic carbocycles. The lowest BCUT2D eigenvalue weighted by atomic mass is 10.2. The molecule has 1 fully saturated rings. The molecule has 0 bridgehead atoms. The zero-order chi connectivity index (χ0) is 13.1. The van der Waals surface area contributed by atoms with Crippen molar-refractivity contribution in [1.82, 2.24) is 5.32 Å². The second-order valence-corrected chi connectivity index (χ2v) is 5.34. The Morgan fingerprint density at radius 2 is 2.22 bits per heavy atom. The molecule has 1 N–H and O–H groups in total. The molecule has 1 aliphatic heterocycles. The standard InChI is InChI=1S/C12H10BrNO3S/c1-2-17-9-4-3-7(5-8(9)13)6-10-11(15)14-12(16)18-10/h3-6H,2H2,1H3,(H,14,15,16)/b10-6-. The van der Waals surface area contributed by atoms with Gasteiger partial charge in [-0.1, -0.05) is 6.07 Å². The van der Waals surface area contributed by atoms with Crippen LogP contribution < -0.4 is 10.1 Å². The average molecular weight is 328 g/mol. The molecule has 0 radical (unpaired) electrons. The van der Waals surface area contributed by atoms with Gasteiger partial charge in [-0.2, -0.15) is 0 Å². The number of imide groups is 1. The lowest BCUT2D eigenvalue weighted by Gasteiger charge is -2.06. The first-order valence-corrected chi connectivity index (χ1v) is 6.88. The van der Waals surface area contributed by atoms with Crippen LogP contribution in [0.4, 0.5) is 4.79 Å². The summed E-state index contributed by atoms with van der Waals surface area (Å²) in [6, 6.07) is 5.49. The predicted octanol–water partition coefficient (Wildman–Crippen LogP) is 3.17. The number of hydrogen-bond acceptors (Lipinski definition) is 4. The summed E-state index contributed by atoms with van der Waals surface area (Å²) in [4.78, 5) is 22.8. The van der Waals surface area contributed by atoms with E-state index in [-0.39, 0.29) is 11.1 Å². The molecular weight excluding hydrogens is 318 g/mol. The first-order valence-electron chi connectivity index (χ1n) is 5.27. The Morgan fingerprint density at radius 1 is 1.44 bits per heavy atom. The van der Waals surface area contributed by atoms with Crippen LogP contribution in [-0.2, 0) is 4.79 Å². The predicted molar refractivity (Wildman–Crippen MR) is 74.4 cm³/mol. The highest BCUT2D eigenvalue weighted by molar-refractivity contribution is 9.10. The maximum absolute atomic E-state index is 11.4. The van der Waals surface area contributed by atoms with Crippen molar-refractivity contribution in [3.63, 3.8) is 0 Å². The molecular formula is C12H10BrNO3S. The Kier molecular flexibility index (Phi) is 4.08. The SMILES string of the molecule is CCOc1ccc(/C=C2\SC(=O)NC2=O)cc1Br. The van der Waals surface area contributed by atoms with Gasteiger partial charge < -0.3 is 4.74 Å². The molecule has 1 aliphatic rings. The molecule has 6 heteroatoms. The molecule has 0 unspecified atom stereocenters. The van der Waals surface area contributed by atoms with Crippen molar-refractivity contribution in [1.29, 1.82) is 0 Å².